The minimum atomic E-state index is -1.58. The largest absolute Gasteiger partial charge is 0.540 e. The van der Waals surface area contributed by atoms with E-state index >= 15 is 0 Å². The van der Waals surface area contributed by atoms with Crippen LogP contribution < -0.4 is 0 Å². The first-order valence-corrected chi connectivity index (χ1v) is 9.13. The Morgan fingerprint density at radius 1 is 0.696 bits per heavy atom. The summed E-state index contributed by atoms with van der Waals surface area (Å²) >= 11 is 0. The third-order valence-corrected chi connectivity index (χ3v) is 3.76. The van der Waals surface area contributed by atoms with Crippen LogP contribution in [0.1, 0.15) is 96.8 Å². The molecule has 0 spiro atoms. The lowest BCUT2D eigenvalue weighted by molar-refractivity contribution is -0.618. The van der Waals surface area contributed by atoms with Gasteiger partial charge in [-0.2, -0.15) is 0 Å². The molecular formula is C17H34O6. The highest BCUT2D eigenvalue weighted by molar-refractivity contribution is 5.55. The van der Waals surface area contributed by atoms with Gasteiger partial charge in [0.2, 0.25) is 0 Å². The molecular weight excluding hydrogens is 300 g/mol. The molecule has 0 aromatic carbocycles. The second kappa shape index (κ2) is 19.2. The van der Waals surface area contributed by atoms with Crippen LogP contribution in [-0.2, 0) is 19.9 Å². The third kappa shape index (κ3) is 21.1. The summed E-state index contributed by atoms with van der Waals surface area (Å²) in [5.74, 6) is 0. The van der Waals surface area contributed by atoms with Crippen molar-refractivity contribution in [3.05, 3.63) is 0 Å². The monoisotopic (exact) mass is 334 g/mol. The third-order valence-electron chi connectivity index (χ3n) is 3.76. The summed E-state index contributed by atoms with van der Waals surface area (Å²) in [6, 6.07) is 0. The van der Waals surface area contributed by atoms with Crippen molar-refractivity contribution in [2.24, 2.45) is 0 Å². The Labute approximate surface area is 140 Å². The smallest absolute Gasteiger partial charge is 0.448 e. The van der Waals surface area contributed by atoms with E-state index in [-0.39, 0.29) is 0 Å². The summed E-state index contributed by atoms with van der Waals surface area (Å²) in [6.45, 7) is 2.62. The van der Waals surface area contributed by atoms with Crippen molar-refractivity contribution in [1.29, 1.82) is 0 Å². The van der Waals surface area contributed by atoms with E-state index in [1.54, 1.807) is 0 Å². The molecule has 0 aliphatic heterocycles. The van der Waals surface area contributed by atoms with Crippen LogP contribution in [0.25, 0.3) is 0 Å². The van der Waals surface area contributed by atoms with E-state index in [1.807, 2.05) is 0 Å². The van der Waals surface area contributed by atoms with Crippen LogP contribution in [0.3, 0.4) is 0 Å². The predicted molar refractivity (Wildman–Crippen MR) is 87.5 cm³/mol. The summed E-state index contributed by atoms with van der Waals surface area (Å²) in [7, 11) is 0. The van der Waals surface area contributed by atoms with E-state index in [0.29, 0.717) is 6.61 Å². The van der Waals surface area contributed by atoms with Gasteiger partial charge in [-0.1, -0.05) is 90.4 Å². The maximum absolute atomic E-state index is 9.89. The van der Waals surface area contributed by atoms with Gasteiger partial charge < -0.3 is 5.11 Å². The second-order valence-corrected chi connectivity index (χ2v) is 5.90. The van der Waals surface area contributed by atoms with E-state index < -0.39 is 6.16 Å². The maximum Gasteiger partial charge on any atom is 0.540 e. The van der Waals surface area contributed by atoms with Gasteiger partial charge in [0.05, 0.1) is 6.61 Å². The molecule has 0 atom stereocenters. The molecule has 6 nitrogen and oxygen atoms in total. The molecule has 0 rings (SSSR count). The van der Waals surface area contributed by atoms with E-state index in [9.17, 15) is 4.79 Å². The van der Waals surface area contributed by atoms with Crippen molar-refractivity contribution in [2.45, 2.75) is 96.8 Å². The molecule has 0 radical (unpaired) electrons. The van der Waals surface area contributed by atoms with Crippen molar-refractivity contribution in [1.82, 2.24) is 0 Å². The van der Waals surface area contributed by atoms with Crippen LogP contribution in [0.5, 0.6) is 0 Å². The Kier molecular flexibility index (Phi) is 18.5. The quantitative estimate of drug-likeness (QED) is 0.189. The van der Waals surface area contributed by atoms with E-state index in [1.165, 1.54) is 77.0 Å². The highest BCUT2D eigenvalue weighted by Crippen LogP contribution is 2.12. The number of rotatable bonds is 18. The van der Waals surface area contributed by atoms with Crippen molar-refractivity contribution >= 4 is 6.16 Å². The Bertz CT molecular complexity index is 247. The fraction of sp³-hybridized carbons (Fsp3) is 0.941. The molecule has 0 bridgehead atoms. The van der Waals surface area contributed by atoms with Gasteiger partial charge in [-0.05, 0) is 11.5 Å². The first-order chi connectivity index (χ1) is 11.3. The summed E-state index contributed by atoms with van der Waals surface area (Å²) in [6.07, 6.45) is 16.5. The lowest BCUT2D eigenvalue weighted by atomic mass is 10.0. The minimum Gasteiger partial charge on any atom is -0.448 e. The van der Waals surface area contributed by atoms with Gasteiger partial charge in [-0.15, -0.1) is 0 Å². The van der Waals surface area contributed by atoms with Crippen LogP contribution in [-0.4, -0.2) is 17.9 Å². The molecule has 0 aliphatic carbocycles. The molecule has 0 heterocycles. The van der Waals surface area contributed by atoms with E-state index in [4.69, 9.17) is 5.11 Å². The van der Waals surface area contributed by atoms with Gasteiger partial charge >= 0.3 is 6.16 Å². The van der Waals surface area contributed by atoms with Gasteiger partial charge in [0.15, 0.2) is 0 Å². The van der Waals surface area contributed by atoms with Crippen LogP contribution in [0.15, 0.2) is 0 Å². The second-order valence-electron chi connectivity index (χ2n) is 5.90. The summed E-state index contributed by atoms with van der Waals surface area (Å²) in [5.41, 5.74) is 0. The van der Waals surface area contributed by atoms with Gasteiger partial charge in [-0.3, -0.25) is 0 Å². The molecule has 138 valence electrons. The molecule has 0 unspecified atom stereocenters. The molecule has 23 heavy (non-hydrogen) atoms. The molecule has 0 saturated carbocycles. The van der Waals surface area contributed by atoms with Crippen LogP contribution >= 0.6 is 0 Å². The van der Waals surface area contributed by atoms with Crippen LogP contribution in [0, 0.1) is 0 Å². The molecule has 1 N–H and O–H groups in total. The number of carbonyl (C=O) groups is 1. The highest BCUT2D eigenvalue weighted by atomic mass is 17.7. The van der Waals surface area contributed by atoms with Gasteiger partial charge in [0.1, 0.15) is 0 Å². The topological polar surface area (TPSA) is 74.2 Å². The minimum absolute atomic E-state index is 0.362. The lowest BCUT2D eigenvalue weighted by Gasteiger charge is -2.03. The molecule has 0 aromatic heterocycles. The normalized spacial score (nSPS) is 10.8. The first-order valence-electron chi connectivity index (χ1n) is 9.13. The number of carboxylic acid groups (broad SMARTS) is 1. The SMILES string of the molecule is CCCCCCCCCCCCCCCCOOOOC(=O)O. The molecule has 0 aliphatic rings. The standard InChI is InChI=1S/C17H34O6/c1-2-3-4-5-6-7-8-9-10-11-12-13-14-15-16-20-22-23-21-17(18)19/h2-16H2,1H3,(H,18,19). The number of unbranched alkanes of at least 4 members (excludes halogenated alkanes) is 13. The molecule has 0 saturated heterocycles. The summed E-state index contributed by atoms with van der Waals surface area (Å²) in [4.78, 5) is 18.1. The summed E-state index contributed by atoms with van der Waals surface area (Å²) < 4.78 is 0. The van der Waals surface area contributed by atoms with Gasteiger partial charge in [0, 0.05) is 5.04 Å². The average molecular weight is 334 g/mol. The number of hydrogen-bond donors (Lipinski definition) is 1. The average Bonchev–Trinajstić information content (AvgIpc) is 2.53. The fourth-order valence-electron chi connectivity index (χ4n) is 2.45. The number of hydrogen-bond acceptors (Lipinski definition) is 5. The molecule has 0 fully saturated rings. The molecule has 6 heteroatoms. The predicted octanol–water partition coefficient (Wildman–Crippen LogP) is 5.96. The molecule has 0 amide bonds. The Morgan fingerprint density at radius 3 is 1.57 bits per heavy atom. The summed E-state index contributed by atoms with van der Waals surface area (Å²) in [5, 5.41) is 15.9. The Hall–Kier alpha value is -0.850. The van der Waals surface area contributed by atoms with Crippen molar-refractivity contribution in [2.75, 3.05) is 6.61 Å². The van der Waals surface area contributed by atoms with E-state index in [0.717, 1.165) is 12.8 Å². The van der Waals surface area contributed by atoms with Gasteiger partial charge in [0.25, 0.3) is 0 Å². The molecule has 0 aromatic rings. The highest BCUT2D eigenvalue weighted by Gasteiger charge is 1.98. The van der Waals surface area contributed by atoms with Crippen molar-refractivity contribution in [3.63, 3.8) is 0 Å². The van der Waals surface area contributed by atoms with Gasteiger partial charge in [-0.25, -0.2) is 14.6 Å². The fourth-order valence-corrected chi connectivity index (χ4v) is 2.45. The zero-order valence-corrected chi connectivity index (χ0v) is 14.6. The first kappa shape index (κ1) is 22.1. The van der Waals surface area contributed by atoms with E-state index in [2.05, 4.69) is 26.8 Å². The van der Waals surface area contributed by atoms with Crippen molar-refractivity contribution < 1.29 is 29.8 Å². The zero-order valence-electron chi connectivity index (χ0n) is 14.6. The van der Waals surface area contributed by atoms with Crippen molar-refractivity contribution in [3.8, 4) is 0 Å². The Balaban J connectivity index is 2.96. The lowest BCUT2D eigenvalue weighted by Crippen LogP contribution is -2.04. The zero-order chi connectivity index (χ0) is 17.0. The van der Waals surface area contributed by atoms with Crippen LogP contribution in [0.4, 0.5) is 4.79 Å². The Morgan fingerprint density at radius 2 is 1.13 bits per heavy atom. The maximum atomic E-state index is 9.89. The van der Waals surface area contributed by atoms with Crippen LogP contribution in [0.2, 0.25) is 0 Å².